The van der Waals surface area contributed by atoms with Crippen molar-refractivity contribution in [2.45, 2.75) is 57.7 Å². The van der Waals surface area contributed by atoms with E-state index in [4.69, 9.17) is 0 Å². The number of hydrogen-bond acceptors (Lipinski definition) is 11. The molecule has 0 saturated carbocycles. The normalized spacial score (nSPS) is 22.5. The highest BCUT2D eigenvalue weighted by atomic mass is 19.1. The second kappa shape index (κ2) is 16.7. The third-order valence-electron chi connectivity index (χ3n) is 13.3. The Morgan fingerprint density at radius 2 is 1.61 bits per heavy atom. The average molecular weight is 841 g/mol. The molecule has 62 heavy (non-hydrogen) atoms. The molecule has 0 radical (unpaired) electrons. The van der Waals surface area contributed by atoms with Crippen molar-refractivity contribution < 1.29 is 28.4 Å². The zero-order valence-corrected chi connectivity index (χ0v) is 34.8. The number of pyridine rings is 1. The lowest BCUT2D eigenvalue weighted by molar-refractivity contribution is -0.136. The number of aromatic nitrogens is 1. The maximum absolute atomic E-state index is 15.7. The molecular weight excluding hydrogens is 792 g/mol. The quantitative estimate of drug-likeness (QED) is 0.245. The number of nitriles is 1. The van der Waals surface area contributed by atoms with Crippen LogP contribution in [-0.2, 0) is 9.59 Å². The number of hydrogen-bond donors (Lipinski definition) is 2. The summed E-state index contributed by atoms with van der Waals surface area (Å²) in [4.78, 5) is 80.4. The number of fused-ring (bicyclic) bond motifs is 2. The summed E-state index contributed by atoms with van der Waals surface area (Å²) in [6.45, 7) is 10.7. The first-order chi connectivity index (χ1) is 30.0. The Hall–Kier alpha value is -6.60. The fraction of sp³-hybridized carbons (Fsp3) is 0.413. The number of carbonyl (C=O) groups excluding carboxylic acids is 5. The Morgan fingerprint density at radius 1 is 0.855 bits per heavy atom. The van der Waals surface area contributed by atoms with Crippen molar-refractivity contribution >= 4 is 63.3 Å². The highest BCUT2D eigenvalue weighted by Crippen LogP contribution is 2.34. The number of piperidine rings is 2. The van der Waals surface area contributed by atoms with Crippen LogP contribution in [0.3, 0.4) is 0 Å². The Labute approximate surface area is 359 Å². The summed E-state index contributed by atoms with van der Waals surface area (Å²) in [6.07, 6.45) is 3.74. The first-order valence-electron chi connectivity index (χ1n) is 21.5. The summed E-state index contributed by atoms with van der Waals surface area (Å²) in [5, 5.41) is 15.7. The van der Waals surface area contributed by atoms with Crippen molar-refractivity contribution in [1.29, 1.82) is 5.26 Å². The Bertz CT molecular complexity index is 2510. The molecule has 9 rings (SSSR count). The number of carbonyl (C=O) groups is 5. The lowest BCUT2D eigenvalue weighted by Gasteiger charge is -2.45. The molecule has 6 heterocycles. The zero-order valence-electron chi connectivity index (χ0n) is 34.8. The number of piperazine rings is 2. The van der Waals surface area contributed by atoms with Crippen LogP contribution in [0.4, 0.5) is 31.9 Å². The van der Waals surface area contributed by atoms with E-state index in [1.54, 1.807) is 41.4 Å². The minimum atomic E-state index is -0.991. The molecule has 6 amide bonds. The van der Waals surface area contributed by atoms with E-state index in [2.05, 4.69) is 48.2 Å². The van der Waals surface area contributed by atoms with Gasteiger partial charge in [0.15, 0.2) is 0 Å². The summed E-state index contributed by atoms with van der Waals surface area (Å²) < 4.78 is 15.7. The lowest BCUT2D eigenvalue weighted by atomic mass is 9.95. The monoisotopic (exact) mass is 840 g/mol. The van der Waals surface area contributed by atoms with Gasteiger partial charge >= 0.3 is 6.03 Å². The number of imide groups is 2. The van der Waals surface area contributed by atoms with Crippen molar-refractivity contribution in [3.8, 4) is 6.07 Å². The fourth-order valence-corrected chi connectivity index (χ4v) is 9.85. The van der Waals surface area contributed by atoms with E-state index in [-0.39, 0.29) is 47.9 Å². The van der Waals surface area contributed by atoms with Gasteiger partial charge in [-0.25, -0.2) is 9.18 Å². The molecular formula is C46H49FN10O5. The maximum atomic E-state index is 15.7. The number of halogens is 1. The van der Waals surface area contributed by atoms with E-state index < -0.39 is 29.7 Å². The van der Waals surface area contributed by atoms with E-state index >= 15 is 4.39 Å². The molecule has 3 aromatic carbocycles. The van der Waals surface area contributed by atoms with Crippen LogP contribution < -0.4 is 25.3 Å². The molecule has 4 saturated heterocycles. The average Bonchev–Trinajstić information content (AvgIpc) is 3.52. The van der Waals surface area contributed by atoms with Crippen LogP contribution in [0, 0.1) is 23.1 Å². The third kappa shape index (κ3) is 7.65. The molecule has 1 unspecified atom stereocenters. The van der Waals surface area contributed by atoms with Crippen molar-refractivity contribution in [1.82, 2.24) is 25.0 Å². The molecule has 5 aliphatic heterocycles. The van der Waals surface area contributed by atoms with Gasteiger partial charge in [-0.05, 0) is 99.7 Å². The van der Waals surface area contributed by atoms with Crippen LogP contribution in [0.25, 0.3) is 10.9 Å². The Morgan fingerprint density at radius 3 is 2.35 bits per heavy atom. The van der Waals surface area contributed by atoms with Crippen molar-refractivity contribution in [2.75, 3.05) is 78.9 Å². The van der Waals surface area contributed by atoms with Gasteiger partial charge in [0.1, 0.15) is 17.9 Å². The Balaban J connectivity index is 0.742. The van der Waals surface area contributed by atoms with Gasteiger partial charge in [0, 0.05) is 106 Å². The molecule has 320 valence electrons. The van der Waals surface area contributed by atoms with Crippen molar-refractivity contribution in [3.05, 3.63) is 89.4 Å². The predicted molar refractivity (Wildman–Crippen MR) is 232 cm³/mol. The molecule has 2 N–H and O–H groups in total. The van der Waals surface area contributed by atoms with Crippen molar-refractivity contribution in [2.24, 2.45) is 5.92 Å². The molecule has 0 aliphatic carbocycles. The van der Waals surface area contributed by atoms with Crippen LogP contribution in [0.2, 0.25) is 0 Å². The van der Waals surface area contributed by atoms with Crippen molar-refractivity contribution in [3.63, 3.8) is 0 Å². The van der Waals surface area contributed by atoms with E-state index in [1.807, 2.05) is 31.2 Å². The van der Waals surface area contributed by atoms with Crippen LogP contribution in [0.15, 0.2) is 66.9 Å². The predicted octanol–water partition coefficient (Wildman–Crippen LogP) is 4.82. The first kappa shape index (κ1) is 40.8. The van der Waals surface area contributed by atoms with E-state index in [9.17, 15) is 29.2 Å². The lowest BCUT2D eigenvalue weighted by Crippen LogP contribution is -2.59. The fourth-order valence-electron chi connectivity index (χ4n) is 9.85. The molecule has 0 bridgehead atoms. The standard InChI is InChI=1S/C46H49FN10O5/c1-28-26-56(29(2)25-55(28)38-9-5-31(24-48)42-35(38)4-3-15-49-42)46(62)50-32-6-10-39(37(47)22-32)54-16-13-30(14-17-54)27-52-18-20-53(21-19-52)33-7-8-34-36(23-33)45(61)57(44(34)60)40-11-12-41(58)51-43(40)59/h3-10,15,22-23,28-30,40H,11-14,16-21,25-27H2,1-2H3,(H,50,62)(H,51,58,59)/t28-,29+,40?/m0/s1. The highest BCUT2D eigenvalue weighted by Gasteiger charge is 2.45. The van der Waals surface area contributed by atoms with Gasteiger partial charge in [0.05, 0.1) is 27.9 Å². The van der Waals surface area contributed by atoms with E-state index in [0.717, 1.165) is 80.3 Å². The molecule has 4 aromatic rings. The molecule has 4 fully saturated rings. The van der Waals surface area contributed by atoms with Gasteiger partial charge < -0.3 is 24.9 Å². The largest absolute Gasteiger partial charge is 0.369 e. The van der Waals surface area contributed by atoms with Crippen LogP contribution in [-0.4, -0.2) is 126 Å². The topological polar surface area (TPSA) is 166 Å². The van der Waals surface area contributed by atoms with Gasteiger partial charge in [-0.2, -0.15) is 5.26 Å². The molecule has 0 spiro atoms. The minimum Gasteiger partial charge on any atom is -0.369 e. The second-order valence-corrected chi connectivity index (χ2v) is 17.1. The number of urea groups is 1. The summed E-state index contributed by atoms with van der Waals surface area (Å²) >= 11 is 0. The summed E-state index contributed by atoms with van der Waals surface area (Å²) in [5.74, 6) is -1.94. The number of rotatable bonds is 7. The summed E-state index contributed by atoms with van der Waals surface area (Å²) in [7, 11) is 0. The first-order valence-corrected chi connectivity index (χ1v) is 21.5. The molecule has 15 nitrogen and oxygen atoms in total. The molecule has 16 heteroatoms. The molecule has 1 aromatic heterocycles. The van der Waals surface area contributed by atoms with Gasteiger partial charge in [0.2, 0.25) is 11.8 Å². The summed E-state index contributed by atoms with van der Waals surface area (Å²) in [5.41, 5.74) is 4.51. The maximum Gasteiger partial charge on any atom is 0.322 e. The van der Waals surface area contributed by atoms with E-state index in [0.29, 0.717) is 41.5 Å². The molecule has 3 atom stereocenters. The molecule has 5 aliphatic rings. The number of nitrogens with zero attached hydrogens (tertiary/aromatic N) is 8. The number of anilines is 4. The van der Waals surface area contributed by atoms with Crippen LogP contribution >= 0.6 is 0 Å². The van der Waals surface area contributed by atoms with Crippen LogP contribution in [0.1, 0.15) is 65.8 Å². The SMILES string of the molecule is C[C@@H]1CN(c2ccc(C#N)c3ncccc23)[C@@H](C)CN1C(=O)Nc1ccc(N2CCC(CN3CCN(c4ccc5c(c4)C(=O)N(C4CCC(=O)NC4=O)C5=O)CC3)CC2)c(F)c1. The van der Waals surface area contributed by atoms with Gasteiger partial charge in [-0.1, -0.05) is 0 Å². The highest BCUT2D eigenvalue weighted by molar-refractivity contribution is 6.23. The van der Waals surface area contributed by atoms with Gasteiger partial charge in [-0.15, -0.1) is 0 Å². The Kier molecular flexibility index (Phi) is 11.0. The summed E-state index contributed by atoms with van der Waals surface area (Å²) in [6, 6.07) is 18.6. The van der Waals surface area contributed by atoms with E-state index in [1.165, 1.54) is 6.07 Å². The smallest absolute Gasteiger partial charge is 0.322 e. The number of nitrogens with one attached hydrogen (secondary N) is 2. The second-order valence-electron chi connectivity index (χ2n) is 17.1. The van der Waals surface area contributed by atoms with Crippen LogP contribution in [0.5, 0.6) is 0 Å². The minimum absolute atomic E-state index is 0.0135. The van der Waals surface area contributed by atoms with Gasteiger partial charge in [0.25, 0.3) is 11.8 Å². The number of amides is 6. The third-order valence-corrected chi connectivity index (χ3v) is 13.3. The number of benzene rings is 3. The van der Waals surface area contributed by atoms with Gasteiger partial charge in [-0.3, -0.25) is 39.3 Å². The zero-order chi connectivity index (χ0) is 43.2.